The number of nitrogens with one attached hydrogen (secondary N) is 1. The van der Waals surface area contributed by atoms with Crippen LogP contribution in [0.4, 0.5) is 0 Å². The van der Waals surface area contributed by atoms with Crippen LogP contribution in [0.5, 0.6) is 0 Å². The van der Waals surface area contributed by atoms with Gasteiger partial charge in [0.2, 0.25) is 0 Å². The average Bonchev–Trinajstić information content (AvgIpc) is 2.58. The normalized spacial score (nSPS) is 23.3. The maximum Gasteiger partial charge on any atom is 0.00929 e. The molecule has 1 saturated carbocycles. The molecule has 0 amide bonds. The lowest BCUT2D eigenvalue weighted by atomic mass is 9.93. The van der Waals surface area contributed by atoms with Crippen LogP contribution in [0.1, 0.15) is 45.4 Å². The van der Waals surface area contributed by atoms with E-state index in [1.165, 1.54) is 32.1 Å². The SMILES string of the molecule is CNC(CCC(C)N)C1CCCC1. The zero-order valence-electron chi connectivity index (χ0n) is 9.05. The van der Waals surface area contributed by atoms with Gasteiger partial charge in [0.05, 0.1) is 0 Å². The Morgan fingerprint density at radius 1 is 1.31 bits per heavy atom. The summed E-state index contributed by atoms with van der Waals surface area (Å²) in [6, 6.07) is 1.07. The van der Waals surface area contributed by atoms with Crippen LogP contribution in [0.15, 0.2) is 0 Å². The third-order valence-electron chi connectivity index (χ3n) is 3.27. The third-order valence-corrected chi connectivity index (χ3v) is 3.27. The molecule has 0 heterocycles. The van der Waals surface area contributed by atoms with Crippen LogP contribution < -0.4 is 11.1 Å². The van der Waals surface area contributed by atoms with Gasteiger partial charge in [0.15, 0.2) is 0 Å². The molecule has 1 fully saturated rings. The summed E-state index contributed by atoms with van der Waals surface area (Å²) < 4.78 is 0. The van der Waals surface area contributed by atoms with E-state index in [0.717, 1.165) is 12.3 Å². The van der Waals surface area contributed by atoms with Crippen LogP contribution in [0.3, 0.4) is 0 Å². The van der Waals surface area contributed by atoms with E-state index in [1.54, 1.807) is 0 Å². The van der Waals surface area contributed by atoms with Crippen molar-refractivity contribution in [3.63, 3.8) is 0 Å². The highest BCUT2D eigenvalue weighted by atomic mass is 14.9. The van der Waals surface area contributed by atoms with Gasteiger partial charge in [-0.15, -0.1) is 0 Å². The summed E-state index contributed by atoms with van der Waals surface area (Å²) in [6.45, 7) is 2.10. The highest BCUT2D eigenvalue weighted by molar-refractivity contribution is 4.80. The molecule has 0 aromatic carbocycles. The Hall–Kier alpha value is -0.0800. The molecule has 13 heavy (non-hydrogen) atoms. The van der Waals surface area contributed by atoms with Gasteiger partial charge in [-0.05, 0) is 45.6 Å². The molecule has 0 aromatic heterocycles. The highest BCUT2D eigenvalue weighted by Crippen LogP contribution is 2.29. The topological polar surface area (TPSA) is 38.0 Å². The molecule has 78 valence electrons. The number of hydrogen-bond donors (Lipinski definition) is 2. The predicted molar refractivity (Wildman–Crippen MR) is 57.7 cm³/mol. The fraction of sp³-hybridized carbons (Fsp3) is 1.00. The lowest BCUT2D eigenvalue weighted by molar-refractivity contribution is 0.346. The number of nitrogens with two attached hydrogens (primary N) is 1. The standard InChI is InChI=1S/C11H24N2/c1-9(12)7-8-11(13-2)10-5-3-4-6-10/h9-11,13H,3-8,12H2,1-2H3. The van der Waals surface area contributed by atoms with Crippen LogP contribution in [0, 0.1) is 5.92 Å². The van der Waals surface area contributed by atoms with Crippen LogP contribution in [-0.4, -0.2) is 19.1 Å². The molecule has 1 aliphatic carbocycles. The molecule has 0 bridgehead atoms. The van der Waals surface area contributed by atoms with Crippen molar-refractivity contribution < 1.29 is 0 Å². The Labute approximate surface area is 82.3 Å². The number of rotatable bonds is 5. The molecule has 0 spiro atoms. The Kier molecular flexibility index (Phi) is 4.74. The molecule has 0 aliphatic heterocycles. The van der Waals surface area contributed by atoms with Gasteiger partial charge in [0, 0.05) is 12.1 Å². The molecule has 0 radical (unpaired) electrons. The summed E-state index contributed by atoms with van der Waals surface area (Å²) >= 11 is 0. The fourth-order valence-corrected chi connectivity index (χ4v) is 2.42. The van der Waals surface area contributed by atoms with Gasteiger partial charge in [-0.3, -0.25) is 0 Å². The van der Waals surface area contributed by atoms with E-state index in [1.807, 2.05) is 0 Å². The summed E-state index contributed by atoms with van der Waals surface area (Å²) in [5, 5.41) is 3.44. The first-order chi connectivity index (χ1) is 6.24. The van der Waals surface area contributed by atoms with Gasteiger partial charge in [0.1, 0.15) is 0 Å². The van der Waals surface area contributed by atoms with Crippen molar-refractivity contribution in [3.8, 4) is 0 Å². The van der Waals surface area contributed by atoms with E-state index < -0.39 is 0 Å². The van der Waals surface area contributed by atoms with E-state index in [9.17, 15) is 0 Å². The van der Waals surface area contributed by atoms with Crippen LogP contribution >= 0.6 is 0 Å². The summed E-state index contributed by atoms with van der Waals surface area (Å²) in [7, 11) is 2.09. The van der Waals surface area contributed by atoms with Crippen molar-refractivity contribution in [2.24, 2.45) is 11.7 Å². The molecule has 2 unspecified atom stereocenters. The zero-order valence-corrected chi connectivity index (χ0v) is 9.05. The molecule has 0 saturated heterocycles. The Balaban J connectivity index is 2.24. The van der Waals surface area contributed by atoms with Crippen molar-refractivity contribution >= 4 is 0 Å². The lowest BCUT2D eigenvalue weighted by Gasteiger charge is -2.23. The van der Waals surface area contributed by atoms with Crippen molar-refractivity contribution in [1.29, 1.82) is 0 Å². The maximum absolute atomic E-state index is 5.77. The quantitative estimate of drug-likeness (QED) is 0.685. The molecule has 2 heteroatoms. The van der Waals surface area contributed by atoms with E-state index in [4.69, 9.17) is 5.73 Å². The van der Waals surface area contributed by atoms with Crippen molar-refractivity contribution in [2.75, 3.05) is 7.05 Å². The fourth-order valence-electron chi connectivity index (χ4n) is 2.42. The minimum atomic E-state index is 0.359. The average molecular weight is 184 g/mol. The van der Waals surface area contributed by atoms with Gasteiger partial charge in [-0.25, -0.2) is 0 Å². The van der Waals surface area contributed by atoms with Crippen molar-refractivity contribution in [1.82, 2.24) is 5.32 Å². The summed E-state index contributed by atoms with van der Waals surface area (Å²) in [6.07, 6.45) is 8.11. The summed E-state index contributed by atoms with van der Waals surface area (Å²) in [5.41, 5.74) is 5.77. The first-order valence-corrected chi connectivity index (χ1v) is 5.67. The zero-order chi connectivity index (χ0) is 9.68. The van der Waals surface area contributed by atoms with E-state index in [0.29, 0.717) is 12.1 Å². The van der Waals surface area contributed by atoms with E-state index >= 15 is 0 Å². The molecule has 1 aliphatic rings. The molecule has 3 N–H and O–H groups in total. The van der Waals surface area contributed by atoms with Crippen LogP contribution in [0.2, 0.25) is 0 Å². The van der Waals surface area contributed by atoms with E-state index in [2.05, 4.69) is 19.3 Å². The highest BCUT2D eigenvalue weighted by Gasteiger charge is 2.23. The summed E-state index contributed by atoms with van der Waals surface area (Å²) in [4.78, 5) is 0. The van der Waals surface area contributed by atoms with Crippen LogP contribution in [0.25, 0.3) is 0 Å². The first kappa shape index (κ1) is 11.0. The minimum Gasteiger partial charge on any atom is -0.328 e. The second kappa shape index (κ2) is 5.61. The summed E-state index contributed by atoms with van der Waals surface area (Å²) in [5.74, 6) is 0.920. The minimum absolute atomic E-state index is 0.359. The lowest BCUT2D eigenvalue weighted by Crippen LogP contribution is -2.33. The van der Waals surface area contributed by atoms with Gasteiger partial charge >= 0.3 is 0 Å². The molecule has 2 atom stereocenters. The third kappa shape index (κ3) is 3.65. The van der Waals surface area contributed by atoms with Gasteiger partial charge in [0.25, 0.3) is 0 Å². The Morgan fingerprint density at radius 2 is 1.92 bits per heavy atom. The van der Waals surface area contributed by atoms with E-state index in [-0.39, 0.29) is 0 Å². The Morgan fingerprint density at radius 3 is 2.38 bits per heavy atom. The van der Waals surface area contributed by atoms with Crippen molar-refractivity contribution in [2.45, 2.75) is 57.5 Å². The second-order valence-corrected chi connectivity index (χ2v) is 4.49. The second-order valence-electron chi connectivity index (χ2n) is 4.49. The first-order valence-electron chi connectivity index (χ1n) is 5.67. The van der Waals surface area contributed by atoms with Gasteiger partial charge < -0.3 is 11.1 Å². The molecular weight excluding hydrogens is 160 g/mol. The van der Waals surface area contributed by atoms with Crippen molar-refractivity contribution in [3.05, 3.63) is 0 Å². The monoisotopic (exact) mass is 184 g/mol. The maximum atomic E-state index is 5.77. The predicted octanol–water partition coefficient (Wildman–Crippen LogP) is 1.89. The largest absolute Gasteiger partial charge is 0.328 e. The van der Waals surface area contributed by atoms with Gasteiger partial charge in [-0.2, -0.15) is 0 Å². The number of hydrogen-bond acceptors (Lipinski definition) is 2. The Bertz CT molecular complexity index is 128. The smallest absolute Gasteiger partial charge is 0.00929 e. The van der Waals surface area contributed by atoms with Gasteiger partial charge in [-0.1, -0.05) is 12.8 Å². The molecule has 0 aromatic rings. The molecule has 1 rings (SSSR count). The molecular formula is C11H24N2. The van der Waals surface area contributed by atoms with Crippen LogP contribution in [-0.2, 0) is 0 Å². The molecule has 2 nitrogen and oxygen atoms in total.